The number of H-pyrrole nitrogens is 1. The number of carbonyl (C=O) groups excluding carboxylic acids is 1. The maximum Gasteiger partial charge on any atom is 0.293 e. The van der Waals surface area contributed by atoms with Crippen LogP contribution in [0.4, 0.5) is 5.82 Å². The van der Waals surface area contributed by atoms with Crippen LogP contribution < -0.4 is 16.2 Å². The highest BCUT2D eigenvalue weighted by atomic mass is 35.5. The van der Waals surface area contributed by atoms with Crippen molar-refractivity contribution in [2.75, 3.05) is 32.0 Å². The summed E-state index contributed by atoms with van der Waals surface area (Å²) in [6, 6.07) is 5.58. The molecule has 10 heteroatoms. The van der Waals surface area contributed by atoms with E-state index in [0.717, 1.165) is 48.1 Å². The number of nitrogens with one attached hydrogen (secondary N) is 3. The molecule has 3 rings (SSSR count). The maximum atomic E-state index is 12.9. The molecule has 184 valence electrons. The van der Waals surface area contributed by atoms with Gasteiger partial charge in [-0.05, 0) is 31.5 Å². The van der Waals surface area contributed by atoms with Crippen molar-refractivity contribution in [3.8, 4) is 0 Å². The normalized spacial score (nSPS) is 11.2. The quantitative estimate of drug-likeness (QED) is 0.319. The van der Waals surface area contributed by atoms with Crippen LogP contribution in [0.15, 0.2) is 29.2 Å². The second-order valence-electron chi connectivity index (χ2n) is 8.44. The molecule has 0 fully saturated rings. The Balaban J connectivity index is 1.50. The standard InChI is InChI=1S/C24H34ClN7O2/c1-4-5-6-12-31(3)22(33)9-10-27-23-24(34)32(17(2)15-28-23)13-11-26-16-21-19-14-18(25)7-8-20(19)29-30-21/h7-8,14-15,26H,4-6,9-13,16H2,1-3H3,(H,27,28)(H,29,30). The number of unbranched alkanes of at least 4 members (excludes halogenated alkanes) is 2. The van der Waals surface area contributed by atoms with Crippen LogP contribution in [-0.2, 0) is 17.9 Å². The van der Waals surface area contributed by atoms with Crippen LogP contribution in [0.1, 0.15) is 44.0 Å². The third kappa shape index (κ3) is 6.80. The first-order valence-electron chi connectivity index (χ1n) is 11.8. The minimum absolute atomic E-state index is 0.0628. The smallest absolute Gasteiger partial charge is 0.293 e. The second-order valence-corrected chi connectivity index (χ2v) is 8.88. The summed E-state index contributed by atoms with van der Waals surface area (Å²) in [5.41, 5.74) is 2.40. The van der Waals surface area contributed by atoms with Crippen LogP contribution in [-0.4, -0.2) is 57.2 Å². The van der Waals surface area contributed by atoms with E-state index in [0.29, 0.717) is 37.6 Å². The van der Waals surface area contributed by atoms with E-state index in [1.165, 1.54) is 0 Å². The minimum atomic E-state index is -0.190. The molecule has 3 aromatic rings. The van der Waals surface area contributed by atoms with Crippen molar-refractivity contribution in [3.05, 3.63) is 51.2 Å². The predicted molar refractivity (Wildman–Crippen MR) is 136 cm³/mol. The van der Waals surface area contributed by atoms with Crippen LogP contribution in [0.3, 0.4) is 0 Å². The van der Waals surface area contributed by atoms with E-state index in [4.69, 9.17) is 11.6 Å². The molecule has 0 atom stereocenters. The topological polar surface area (TPSA) is 108 Å². The molecule has 34 heavy (non-hydrogen) atoms. The molecule has 0 aliphatic carbocycles. The van der Waals surface area contributed by atoms with Crippen molar-refractivity contribution in [2.24, 2.45) is 0 Å². The molecular formula is C24H34ClN7O2. The number of nitrogens with zero attached hydrogens (tertiary/aromatic N) is 4. The molecular weight excluding hydrogens is 454 g/mol. The number of fused-ring (bicyclic) bond motifs is 1. The molecule has 2 heterocycles. The van der Waals surface area contributed by atoms with Crippen LogP contribution in [0, 0.1) is 6.92 Å². The Hall–Kier alpha value is -2.91. The fourth-order valence-corrected chi connectivity index (χ4v) is 3.92. The van der Waals surface area contributed by atoms with E-state index in [-0.39, 0.29) is 17.3 Å². The van der Waals surface area contributed by atoms with Gasteiger partial charge in [-0.25, -0.2) is 4.98 Å². The third-order valence-corrected chi connectivity index (χ3v) is 6.05. The largest absolute Gasteiger partial charge is 0.365 e. The van der Waals surface area contributed by atoms with Crippen molar-refractivity contribution < 1.29 is 4.79 Å². The fraction of sp³-hybridized carbons (Fsp3) is 0.500. The lowest BCUT2D eigenvalue weighted by Gasteiger charge is -2.17. The monoisotopic (exact) mass is 487 g/mol. The summed E-state index contributed by atoms with van der Waals surface area (Å²) >= 11 is 6.10. The van der Waals surface area contributed by atoms with Gasteiger partial charge in [0.2, 0.25) is 5.91 Å². The Kier molecular flexibility index (Phi) is 9.47. The number of aromatic nitrogens is 4. The van der Waals surface area contributed by atoms with Crippen molar-refractivity contribution in [2.45, 2.75) is 52.6 Å². The van der Waals surface area contributed by atoms with Crippen molar-refractivity contribution in [1.82, 2.24) is 30.0 Å². The number of hydrogen-bond donors (Lipinski definition) is 3. The zero-order valence-corrected chi connectivity index (χ0v) is 20.9. The van der Waals surface area contributed by atoms with Gasteiger partial charge in [-0.1, -0.05) is 31.4 Å². The lowest BCUT2D eigenvalue weighted by Crippen LogP contribution is -2.32. The van der Waals surface area contributed by atoms with Gasteiger partial charge in [0.1, 0.15) is 0 Å². The lowest BCUT2D eigenvalue weighted by atomic mass is 10.2. The zero-order valence-electron chi connectivity index (χ0n) is 20.2. The van der Waals surface area contributed by atoms with Gasteiger partial charge in [0, 0.05) is 68.5 Å². The number of benzene rings is 1. The SMILES string of the molecule is CCCCCN(C)C(=O)CCNc1ncc(C)n(CCNCc2[nH]nc3ccc(Cl)cc23)c1=O. The Morgan fingerprint density at radius 3 is 2.88 bits per heavy atom. The number of anilines is 1. The molecule has 2 aromatic heterocycles. The van der Waals surface area contributed by atoms with Crippen LogP contribution in [0.2, 0.25) is 5.02 Å². The highest BCUT2D eigenvalue weighted by Gasteiger charge is 2.11. The average Bonchev–Trinajstić information content (AvgIpc) is 3.21. The molecule has 0 saturated heterocycles. The molecule has 0 bridgehead atoms. The van der Waals surface area contributed by atoms with Gasteiger partial charge < -0.3 is 20.1 Å². The van der Waals surface area contributed by atoms with Crippen LogP contribution >= 0.6 is 11.6 Å². The Labute approximate surface area is 204 Å². The highest BCUT2D eigenvalue weighted by Crippen LogP contribution is 2.20. The molecule has 0 radical (unpaired) electrons. The highest BCUT2D eigenvalue weighted by molar-refractivity contribution is 6.31. The van der Waals surface area contributed by atoms with Gasteiger partial charge in [0.15, 0.2) is 5.82 Å². The zero-order chi connectivity index (χ0) is 24.5. The van der Waals surface area contributed by atoms with Crippen molar-refractivity contribution >= 4 is 34.2 Å². The Morgan fingerprint density at radius 1 is 1.26 bits per heavy atom. The molecule has 0 aliphatic heterocycles. The number of amides is 1. The van der Waals surface area contributed by atoms with E-state index >= 15 is 0 Å². The molecule has 9 nitrogen and oxygen atoms in total. The molecule has 0 aliphatic rings. The molecule has 1 amide bonds. The summed E-state index contributed by atoms with van der Waals surface area (Å²) in [4.78, 5) is 31.1. The number of hydrogen-bond acceptors (Lipinski definition) is 6. The fourth-order valence-electron chi connectivity index (χ4n) is 3.75. The molecule has 1 aromatic carbocycles. The maximum absolute atomic E-state index is 12.9. The van der Waals surface area contributed by atoms with Gasteiger partial charge in [-0.3, -0.25) is 14.7 Å². The molecule has 3 N–H and O–H groups in total. The Bertz CT molecular complexity index is 1160. The minimum Gasteiger partial charge on any atom is -0.365 e. The van der Waals surface area contributed by atoms with Gasteiger partial charge in [-0.15, -0.1) is 0 Å². The number of rotatable bonds is 13. The molecule has 0 saturated carbocycles. The van der Waals surface area contributed by atoms with Crippen molar-refractivity contribution in [1.29, 1.82) is 0 Å². The summed E-state index contributed by atoms with van der Waals surface area (Å²) in [7, 11) is 1.82. The van der Waals surface area contributed by atoms with Crippen LogP contribution in [0.25, 0.3) is 10.9 Å². The van der Waals surface area contributed by atoms with Gasteiger partial charge in [-0.2, -0.15) is 5.10 Å². The van der Waals surface area contributed by atoms with E-state index < -0.39 is 0 Å². The first-order valence-corrected chi connectivity index (χ1v) is 12.2. The van der Waals surface area contributed by atoms with Crippen LogP contribution in [0.5, 0.6) is 0 Å². The molecule has 0 unspecified atom stereocenters. The number of aromatic amines is 1. The summed E-state index contributed by atoms with van der Waals surface area (Å²) < 4.78 is 1.68. The summed E-state index contributed by atoms with van der Waals surface area (Å²) in [6.45, 7) is 6.79. The summed E-state index contributed by atoms with van der Waals surface area (Å²) in [5, 5.41) is 15.3. The van der Waals surface area contributed by atoms with E-state index in [1.54, 1.807) is 15.7 Å². The molecule has 0 spiro atoms. The lowest BCUT2D eigenvalue weighted by molar-refractivity contribution is -0.129. The van der Waals surface area contributed by atoms with Gasteiger partial charge >= 0.3 is 0 Å². The predicted octanol–water partition coefficient (Wildman–Crippen LogP) is 3.32. The van der Waals surface area contributed by atoms with E-state index in [1.807, 2.05) is 32.2 Å². The van der Waals surface area contributed by atoms with E-state index in [2.05, 4.69) is 32.7 Å². The first-order chi connectivity index (χ1) is 16.4. The van der Waals surface area contributed by atoms with Gasteiger partial charge in [0.25, 0.3) is 5.56 Å². The number of halogens is 1. The average molecular weight is 488 g/mol. The van der Waals surface area contributed by atoms with Crippen molar-refractivity contribution in [3.63, 3.8) is 0 Å². The summed E-state index contributed by atoms with van der Waals surface area (Å²) in [6.07, 6.45) is 5.24. The third-order valence-electron chi connectivity index (χ3n) is 5.82. The summed E-state index contributed by atoms with van der Waals surface area (Å²) in [5.74, 6) is 0.328. The first kappa shape index (κ1) is 25.7. The van der Waals surface area contributed by atoms with E-state index in [9.17, 15) is 9.59 Å². The number of carbonyl (C=O) groups is 1. The number of aryl methyl sites for hydroxylation is 1. The second kappa shape index (κ2) is 12.5. The van der Waals surface area contributed by atoms with Gasteiger partial charge in [0.05, 0.1) is 11.2 Å². The Morgan fingerprint density at radius 2 is 2.09 bits per heavy atom.